The van der Waals surface area contributed by atoms with Gasteiger partial charge in [0.05, 0.1) is 12.1 Å². The van der Waals surface area contributed by atoms with E-state index in [2.05, 4.69) is 21.2 Å². The van der Waals surface area contributed by atoms with Gasteiger partial charge in [-0.25, -0.2) is 4.79 Å². The van der Waals surface area contributed by atoms with E-state index in [1.165, 1.54) is 0 Å². The molecule has 5 nitrogen and oxygen atoms in total. The monoisotopic (exact) mass is 360 g/mol. The van der Waals surface area contributed by atoms with Gasteiger partial charge in [0, 0.05) is 22.1 Å². The number of benzene rings is 1. The van der Waals surface area contributed by atoms with Crippen molar-refractivity contribution >= 4 is 45.2 Å². The topological polar surface area (TPSA) is 69.6 Å². The molecule has 1 fully saturated rings. The van der Waals surface area contributed by atoms with E-state index in [9.17, 15) is 9.59 Å². The van der Waals surface area contributed by atoms with Crippen molar-refractivity contribution in [3.63, 3.8) is 0 Å². The lowest BCUT2D eigenvalue weighted by atomic mass is 10.3. The normalized spacial score (nSPS) is 13.9. The molecule has 1 aliphatic carbocycles. The fourth-order valence-corrected chi connectivity index (χ4v) is 2.61. The molecule has 7 heteroatoms. The van der Waals surface area contributed by atoms with Crippen LogP contribution in [0.1, 0.15) is 19.3 Å². The van der Waals surface area contributed by atoms with Gasteiger partial charge in [-0.1, -0.05) is 11.6 Å². The summed E-state index contributed by atoms with van der Waals surface area (Å²) in [5.74, 6) is -0.906. The van der Waals surface area contributed by atoms with Crippen molar-refractivity contribution in [1.82, 2.24) is 4.90 Å². The molecule has 20 heavy (non-hydrogen) atoms. The number of rotatable bonds is 5. The molecule has 0 spiro atoms. The maximum Gasteiger partial charge on any atom is 0.322 e. The number of carboxylic acid groups (broad SMARTS) is 1. The summed E-state index contributed by atoms with van der Waals surface area (Å²) in [6, 6.07) is 4.94. The van der Waals surface area contributed by atoms with E-state index in [0.29, 0.717) is 15.2 Å². The lowest BCUT2D eigenvalue weighted by molar-refractivity contribution is -0.137. The van der Waals surface area contributed by atoms with E-state index in [1.54, 1.807) is 23.1 Å². The van der Waals surface area contributed by atoms with Crippen molar-refractivity contribution in [2.24, 2.45) is 0 Å². The maximum atomic E-state index is 12.2. The smallest absolute Gasteiger partial charge is 0.322 e. The molecule has 1 aliphatic rings. The first-order valence-electron chi connectivity index (χ1n) is 6.22. The highest BCUT2D eigenvalue weighted by Crippen LogP contribution is 2.30. The highest BCUT2D eigenvalue weighted by atomic mass is 79.9. The van der Waals surface area contributed by atoms with Gasteiger partial charge >= 0.3 is 12.0 Å². The number of carbonyl (C=O) groups excluding carboxylic acids is 1. The fraction of sp³-hybridized carbons (Fsp3) is 0.385. The van der Waals surface area contributed by atoms with E-state index in [0.717, 1.165) is 12.8 Å². The van der Waals surface area contributed by atoms with Crippen LogP contribution in [-0.2, 0) is 4.79 Å². The van der Waals surface area contributed by atoms with Gasteiger partial charge in [0.2, 0.25) is 0 Å². The standard InChI is InChI=1S/C13H14BrClN2O3/c14-10-7-8(15)1-4-11(10)16-13(20)17(9-2-3-9)6-5-12(18)19/h1,4,7,9H,2-3,5-6H2,(H,16,20)(H,18,19). The van der Waals surface area contributed by atoms with Crippen molar-refractivity contribution in [3.8, 4) is 0 Å². The van der Waals surface area contributed by atoms with Crippen LogP contribution in [0.2, 0.25) is 5.02 Å². The number of nitrogens with one attached hydrogen (secondary N) is 1. The molecule has 2 rings (SSSR count). The van der Waals surface area contributed by atoms with Crippen LogP contribution in [0.15, 0.2) is 22.7 Å². The molecule has 1 aromatic carbocycles. The average molecular weight is 362 g/mol. The van der Waals surface area contributed by atoms with E-state index in [-0.39, 0.29) is 25.0 Å². The maximum absolute atomic E-state index is 12.2. The second-order valence-electron chi connectivity index (χ2n) is 4.62. The number of aliphatic carboxylic acids is 1. The van der Waals surface area contributed by atoms with Gasteiger partial charge in [0.25, 0.3) is 0 Å². The highest BCUT2D eigenvalue weighted by molar-refractivity contribution is 9.10. The second-order valence-corrected chi connectivity index (χ2v) is 5.91. The molecule has 0 aliphatic heterocycles. The Kier molecular flexibility index (Phi) is 4.88. The zero-order chi connectivity index (χ0) is 14.7. The second kappa shape index (κ2) is 6.45. The summed E-state index contributed by atoms with van der Waals surface area (Å²) in [6.45, 7) is 0.219. The summed E-state index contributed by atoms with van der Waals surface area (Å²) in [6.07, 6.45) is 1.80. The first-order chi connectivity index (χ1) is 9.47. The van der Waals surface area contributed by atoms with Crippen LogP contribution >= 0.6 is 27.5 Å². The van der Waals surface area contributed by atoms with Gasteiger partial charge in [-0.3, -0.25) is 4.79 Å². The van der Waals surface area contributed by atoms with Crippen LogP contribution in [0, 0.1) is 0 Å². The van der Waals surface area contributed by atoms with Crippen LogP contribution < -0.4 is 5.32 Å². The van der Waals surface area contributed by atoms with Gasteiger partial charge in [0.1, 0.15) is 0 Å². The van der Waals surface area contributed by atoms with Crippen LogP contribution in [0.25, 0.3) is 0 Å². The third kappa shape index (κ3) is 4.11. The van der Waals surface area contributed by atoms with Crippen LogP contribution in [-0.4, -0.2) is 34.6 Å². The molecule has 1 saturated carbocycles. The quantitative estimate of drug-likeness (QED) is 0.842. The van der Waals surface area contributed by atoms with E-state index in [4.69, 9.17) is 16.7 Å². The minimum Gasteiger partial charge on any atom is -0.481 e. The third-order valence-corrected chi connectivity index (χ3v) is 3.88. The number of hydrogen-bond acceptors (Lipinski definition) is 2. The Labute approximate surface area is 130 Å². The number of halogens is 2. The van der Waals surface area contributed by atoms with Crippen molar-refractivity contribution in [2.45, 2.75) is 25.3 Å². The molecule has 0 heterocycles. The molecule has 0 aromatic heterocycles. The summed E-state index contributed by atoms with van der Waals surface area (Å²) >= 11 is 9.17. The Bertz CT molecular complexity index is 534. The molecule has 0 atom stereocenters. The van der Waals surface area contributed by atoms with Crippen molar-refractivity contribution in [1.29, 1.82) is 0 Å². The molecule has 2 N–H and O–H groups in total. The SMILES string of the molecule is O=C(O)CCN(C(=O)Nc1ccc(Cl)cc1Br)C1CC1. The molecular formula is C13H14BrClN2O3. The largest absolute Gasteiger partial charge is 0.481 e. The molecule has 0 radical (unpaired) electrons. The Balaban J connectivity index is 2.02. The van der Waals surface area contributed by atoms with E-state index < -0.39 is 5.97 Å². The number of nitrogens with zero attached hydrogens (tertiary/aromatic N) is 1. The van der Waals surface area contributed by atoms with Gasteiger partial charge in [-0.2, -0.15) is 0 Å². The Hall–Kier alpha value is -1.27. The predicted molar refractivity (Wildman–Crippen MR) is 80.2 cm³/mol. The number of carbonyl (C=O) groups is 2. The van der Waals surface area contributed by atoms with Crippen LogP contribution in [0.3, 0.4) is 0 Å². The number of amides is 2. The van der Waals surface area contributed by atoms with Crippen LogP contribution in [0.5, 0.6) is 0 Å². The summed E-state index contributed by atoms with van der Waals surface area (Å²) in [7, 11) is 0. The Morgan fingerprint density at radius 2 is 2.15 bits per heavy atom. The lowest BCUT2D eigenvalue weighted by Gasteiger charge is -2.22. The fourth-order valence-electron chi connectivity index (χ4n) is 1.83. The van der Waals surface area contributed by atoms with Gasteiger partial charge in [-0.05, 0) is 47.0 Å². The summed E-state index contributed by atoms with van der Waals surface area (Å²) in [4.78, 5) is 24.4. The zero-order valence-corrected chi connectivity index (χ0v) is 12.9. The molecular weight excluding hydrogens is 348 g/mol. The van der Waals surface area contributed by atoms with Crippen molar-refractivity contribution in [3.05, 3.63) is 27.7 Å². The van der Waals surface area contributed by atoms with E-state index >= 15 is 0 Å². The van der Waals surface area contributed by atoms with E-state index in [1.807, 2.05) is 0 Å². The Morgan fingerprint density at radius 3 is 2.70 bits per heavy atom. The molecule has 108 valence electrons. The molecule has 0 unspecified atom stereocenters. The first kappa shape index (κ1) is 15.1. The molecule has 0 bridgehead atoms. The zero-order valence-electron chi connectivity index (χ0n) is 10.6. The Morgan fingerprint density at radius 1 is 1.45 bits per heavy atom. The summed E-state index contributed by atoms with van der Waals surface area (Å²) < 4.78 is 0.687. The number of urea groups is 1. The molecule has 2 amide bonds. The lowest BCUT2D eigenvalue weighted by Crippen LogP contribution is -2.38. The van der Waals surface area contributed by atoms with Gasteiger partial charge < -0.3 is 15.3 Å². The number of hydrogen-bond donors (Lipinski definition) is 2. The number of carboxylic acids is 1. The number of anilines is 1. The minimum absolute atomic E-state index is 0.0499. The predicted octanol–water partition coefficient (Wildman–Crippen LogP) is 3.57. The van der Waals surface area contributed by atoms with Gasteiger partial charge in [-0.15, -0.1) is 0 Å². The molecule has 1 aromatic rings. The first-order valence-corrected chi connectivity index (χ1v) is 7.39. The van der Waals surface area contributed by atoms with Gasteiger partial charge in [0.15, 0.2) is 0 Å². The van der Waals surface area contributed by atoms with Crippen LogP contribution in [0.4, 0.5) is 10.5 Å². The van der Waals surface area contributed by atoms with Crippen molar-refractivity contribution in [2.75, 3.05) is 11.9 Å². The minimum atomic E-state index is -0.906. The van der Waals surface area contributed by atoms with Crippen molar-refractivity contribution < 1.29 is 14.7 Å². The molecule has 0 saturated heterocycles. The summed E-state index contributed by atoms with van der Waals surface area (Å²) in [5.41, 5.74) is 0.611. The average Bonchev–Trinajstić information content (AvgIpc) is 3.17. The highest BCUT2D eigenvalue weighted by Gasteiger charge is 2.32. The summed E-state index contributed by atoms with van der Waals surface area (Å²) in [5, 5.41) is 12.1. The third-order valence-electron chi connectivity index (χ3n) is 2.99.